The summed E-state index contributed by atoms with van der Waals surface area (Å²) in [5, 5.41) is 3.82. The average Bonchev–Trinajstić information content (AvgIpc) is 2.72. The first-order valence-corrected chi connectivity index (χ1v) is 12.0. The highest BCUT2D eigenvalue weighted by Gasteiger charge is 2.26. The molecule has 1 aromatic heterocycles. The van der Waals surface area contributed by atoms with Crippen LogP contribution in [-0.2, 0) is 9.59 Å². The summed E-state index contributed by atoms with van der Waals surface area (Å²) in [5.41, 5.74) is 0. The number of amides is 2. The van der Waals surface area contributed by atoms with E-state index in [0.29, 0.717) is 36.5 Å². The number of piperazine rings is 1. The Morgan fingerprint density at radius 1 is 1.20 bits per heavy atom. The van der Waals surface area contributed by atoms with Crippen LogP contribution in [0.25, 0.3) is 0 Å². The van der Waals surface area contributed by atoms with Gasteiger partial charge in [0.05, 0.1) is 5.75 Å². The van der Waals surface area contributed by atoms with Crippen molar-refractivity contribution in [2.24, 2.45) is 0 Å². The van der Waals surface area contributed by atoms with Crippen LogP contribution in [-0.4, -0.2) is 89.2 Å². The zero-order chi connectivity index (χ0) is 21.5. The van der Waals surface area contributed by atoms with Gasteiger partial charge in [-0.3, -0.25) is 9.59 Å². The van der Waals surface area contributed by atoms with E-state index in [1.54, 1.807) is 13.0 Å². The van der Waals surface area contributed by atoms with Crippen LogP contribution in [0.4, 0.5) is 5.82 Å². The Hall–Kier alpha value is -1.58. The number of hydrogen-bond donors (Lipinski definition) is 1. The number of nitrogens with zero attached hydrogens (tertiary/aromatic N) is 5. The fourth-order valence-corrected chi connectivity index (χ4v) is 4.87. The Bertz CT molecular complexity index is 746. The second-order valence-electron chi connectivity index (χ2n) is 7.88. The Balaban J connectivity index is 1.48. The van der Waals surface area contributed by atoms with Crippen LogP contribution in [0.5, 0.6) is 0 Å². The van der Waals surface area contributed by atoms with E-state index in [9.17, 15) is 9.59 Å². The van der Waals surface area contributed by atoms with Crippen molar-refractivity contribution in [2.45, 2.75) is 44.3 Å². The molecule has 2 aliphatic heterocycles. The molecule has 1 atom stereocenters. The highest BCUT2D eigenvalue weighted by atomic mass is 35.5. The molecule has 3 rings (SSSR count). The van der Waals surface area contributed by atoms with Gasteiger partial charge in [0.2, 0.25) is 11.8 Å². The van der Waals surface area contributed by atoms with Crippen molar-refractivity contribution in [3.63, 3.8) is 0 Å². The molecule has 0 spiro atoms. The molecule has 0 saturated carbocycles. The van der Waals surface area contributed by atoms with Gasteiger partial charge in [-0.15, -0.1) is 0 Å². The number of carbonyl (C=O) groups is 2. The fourth-order valence-electron chi connectivity index (χ4n) is 3.96. The lowest BCUT2D eigenvalue weighted by Gasteiger charge is -2.40. The van der Waals surface area contributed by atoms with E-state index < -0.39 is 0 Å². The Labute approximate surface area is 187 Å². The fraction of sp³-hybridized carbons (Fsp3) is 0.700. The highest BCUT2D eigenvalue weighted by Crippen LogP contribution is 2.24. The second kappa shape index (κ2) is 11.2. The minimum Gasteiger partial charge on any atom is -0.354 e. The molecule has 1 aromatic rings. The molecule has 3 heterocycles. The number of carbonyl (C=O) groups excluding carboxylic acids is 2. The van der Waals surface area contributed by atoms with Gasteiger partial charge in [-0.25, -0.2) is 9.97 Å². The summed E-state index contributed by atoms with van der Waals surface area (Å²) in [5.74, 6) is 1.06. The van der Waals surface area contributed by atoms with Crippen molar-refractivity contribution in [2.75, 3.05) is 56.5 Å². The summed E-state index contributed by atoms with van der Waals surface area (Å²) in [7, 11) is 0. The lowest BCUT2D eigenvalue weighted by Crippen LogP contribution is -2.53. The topological polar surface area (TPSA) is 81.7 Å². The van der Waals surface area contributed by atoms with Gasteiger partial charge in [0.25, 0.3) is 0 Å². The molecule has 0 aliphatic carbocycles. The third-order valence-corrected chi connectivity index (χ3v) is 6.59. The number of likely N-dealkylation sites (tertiary alicyclic amines) is 1. The Kier molecular flexibility index (Phi) is 8.59. The van der Waals surface area contributed by atoms with Crippen molar-refractivity contribution in [1.29, 1.82) is 0 Å². The van der Waals surface area contributed by atoms with E-state index in [2.05, 4.69) is 25.1 Å². The highest BCUT2D eigenvalue weighted by molar-refractivity contribution is 7.99. The van der Waals surface area contributed by atoms with Crippen molar-refractivity contribution in [1.82, 2.24) is 25.1 Å². The van der Waals surface area contributed by atoms with Crippen LogP contribution in [0.3, 0.4) is 0 Å². The number of nitrogens with one attached hydrogen (secondary N) is 1. The second-order valence-corrected chi connectivity index (χ2v) is 9.21. The average molecular weight is 455 g/mol. The maximum atomic E-state index is 12.2. The van der Waals surface area contributed by atoms with Gasteiger partial charge in [-0.1, -0.05) is 29.8 Å². The molecule has 30 heavy (non-hydrogen) atoms. The number of hydrogen-bond acceptors (Lipinski definition) is 7. The van der Waals surface area contributed by atoms with E-state index in [4.69, 9.17) is 11.6 Å². The third kappa shape index (κ3) is 6.72. The molecule has 2 fully saturated rings. The molecule has 2 aliphatic rings. The third-order valence-electron chi connectivity index (χ3n) is 5.55. The number of aromatic nitrogens is 2. The molecule has 2 saturated heterocycles. The monoisotopic (exact) mass is 454 g/mol. The Morgan fingerprint density at radius 2 is 1.97 bits per heavy atom. The minimum atomic E-state index is -0.0224. The van der Waals surface area contributed by atoms with Crippen molar-refractivity contribution < 1.29 is 9.59 Å². The number of halogens is 1. The summed E-state index contributed by atoms with van der Waals surface area (Å²) in [6.45, 7) is 9.48. The van der Waals surface area contributed by atoms with Gasteiger partial charge in [0, 0.05) is 51.8 Å². The van der Waals surface area contributed by atoms with Crippen LogP contribution in [0.2, 0.25) is 5.15 Å². The van der Waals surface area contributed by atoms with Gasteiger partial charge in [-0.2, -0.15) is 0 Å². The van der Waals surface area contributed by atoms with Gasteiger partial charge in [0.15, 0.2) is 5.16 Å². The number of rotatable bonds is 7. The minimum absolute atomic E-state index is 0.0224. The first kappa shape index (κ1) is 23.1. The molecule has 8 nitrogen and oxygen atoms in total. The summed E-state index contributed by atoms with van der Waals surface area (Å²) in [4.78, 5) is 39.1. The zero-order valence-corrected chi connectivity index (χ0v) is 19.3. The molecule has 0 aromatic carbocycles. The lowest BCUT2D eigenvalue weighted by atomic mass is 10.1. The van der Waals surface area contributed by atoms with E-state index in [-0.39, 0.29) is 23.6 Å². The molecule has 0 radical (unpaired) electrons. The number of anilines is 1. The van der Waals surface area contributed by atoms with Crippen molar-refractivity contribution >= 4 is 41.0 Å². The smallest absolute Gasteiger partial charge is 0.230 e. The molecular weight excluding hydrogens is 424 g/mol. The molecular formula is C20H31ClN6O2S. The van der Waals surface area contributed by atoms with E-state index in [1.807, 2.05) is 11.8 Å². The molecule has 2 amide bonds. The maximum Gasteiger partial charge on any atom is 0.230 e. The normalized spacial score (nSPS) is 20.3. The molecule has 0 bridgehead atoms. The van der Waals surface area contributed by atoms with Crippen molar-refractivity contribution in [3.8, 4) is 0 Å². The molecule has 166 valence electrons. The zero-order valence-electron chi connectivity index (χ0n) is 17.8. The summed E-state index contributed by atoms with van der Waals surface area (Å²) in [6.07, 6.45) is 3.81. The van der Waals surface area contributed by atoms with Gasteiger partial charge >= 0.3 is 0 Å². The van der Waals surface area contributed by atoms with E-state index >= 15 is 0 Å². The number of piperidine rings is 1. The molecule has 1 unspecified atom stereocenters. The summed E-state index contributed by atoms with van der Waals surface area (Å²) < 4.78 is 0. The van der Waals surface area contributed by atoms with E-state index in [0.717, 1.165) is 25.5 Å². The van der Waals surface area contributed by atoms with Crippen LogP contribution >= 0.6 is 23.4 Å². The summed E-state index contributed by atoms with van der Waals surface area (Å²) >= 11 is 7.50. The maximum absolute atomic E-state index is 12.2. The standard InChI is InChI=1S/C20H31ClN6O2S/c1-15-13-26(10-11-27(15)16(2)28)18-12-17(21)23-20(24-18)30-14-19(29)22-6-9-25-7-4-3-5-8-25/h12,15H,3-11,13-14H2,1-2H3,(H,22,29). The van der Waals surface area contributed by atoms with Gasteiger partial charge in [0.1, 0.15) is 11.0 Å². The van der Waals surface area contributed by atoms with Crippen LogP contribution in [0, 0.1) is 0 Å². The molecule has 10 heteroatoms. The first-order valence-electron chi connectivity index (χ1n) is 10.6. The van der Waals surface area contributed by atoms with E-state index in [1.165, 1.54) is 31.0 Å². The molecule has 1 N–H and O–H groups in total. The number of thioether (sulfide) groups is 1. The van der Waals surface area contributed by atoms with Gasteiger partial charge in [-0.05, 0) is 32.9 Å². The van der Waals surface area contributed by atoms with Gasteiger partial charge < -0.3 is 20.0 Å². The predicted molar refractivity (Wildman–Crippen MR) is 120 cm³/mol. The van der Waals surface area contributed by atoms with Crippen LogP contribution in [0.15, 0.2) is 11.2 Å². The SMILES string of the molecule is CC(=O)N1CCN(c2cc(Cl)nc(SCC(=O)NCCN3CCCCC3)n2)CC1C. The largest absolute Gasteiger partial charge is 0.354 e. The first-order chi connectivity index (χ1) is 14.4. The van der Waals surface area contributed by atoms with Crippen molar-refractivity contribution in [3.05, 3.63) is 11.2 Å². The summed E-state index contributed by atoms with van der Waals surface area (Å²) in [6, 6.07) is 1.84. The Morgan fingerprint density at radius 3 is 2.67 bits per heavy atom. The van der Waals surface area contributed by atoms with Crippen LogP contribution in [0.1, 0.15) is 33.1 Å². The lowest BCUT2D eigenvalue weighted by molar-refractivity contribution is -0.131. The predicted octanol–water partition coefficient (Wildman–Crippen LogP) is 1.88. The van der Waals surface area contributed by atoms with Crippen LogP contribution < -0.4 is 10.2 Å². The quantitative estimate of drug-likeness (QED) is 0.382.